The largest absolute Gasteiger partial charge is 0.357 e. The van der Waals surface area contributed by atoms with Crippen LogP contribution in [0.15, 0.2) is 41.6 Å². The van der Waals surface area contributed by atoms with Crippen LogP contribution in [0.25, 0.3) is 0 Å². The van der Waals surface area contributed by atoms with Gasteiger partial charge in [-0.2, -0.15) is 0 Å². The highest BCUT2D eigenvalue weighted by Gasteiger charge is 2.02. The van der Waals surface area contributed by atoms with Crippen LogP contribution in [0.2, 0.25) is 5.02 Å². The molecule has 3 nitrogen and oxygen atoms in total. The molecule has 0 unspecified atom stereocenters. The first-order valence-electron chi connectivity index (χ1n) is 5.16. The van der Waals surface area contributed by atoms with Crippen molar-refractivity contribution in [3.8, 4) is 0 Å². The molecule has 88 valence electrons. The van der Waals surface area contributed by atoms with E-state index >= 15 is 0 Å². The Bertz CT molecular complexity index is 505. The third-order valence-corrected chi connectivity index (χ3v) is 3.53. The van der Waals surface area contributed by atoms with Crippen LogP contribution in [0.4, 0.5) is 5.95 Å². The van der Waals surface area contributed by atoms with Gasteiger partial charge in [0.2, 0.25) is 5.95 Å². The van der Waals surface area contributed by atoms with Crippen LogP contribution in [-0.4, -0.2) is 17.0 Å². The number of thioether (sulfide) groups is 1. The van der Waals surface area contributed by atoms with Gasteiger partial charge in [-0.05, 0) is 17.7 Å². The van der Waals surface area contributed by atoms with E-state index in [9.17, 15) is 0 Å². The second-order valence-corrected chi connectivity index (χ2v) is 4.75. The van der Waals surface area contributed by atoms with Gasteiger partial charge in [0.1, 0.15) is 5.03 Å². The first kappa shape index (κ1) is 12.2. The highest BCUT2D eigenvalue weighted by molar-refractivity contribution is 7.98. The Hall–Kier alpha value is -1.26. The molecule has 17 heavy (non-hydrogen) atoms. The fourth-order valence-electron chi connectivity index (χ4n) is 1.31. The minimum Gasteiger partial charge on any atom is -0.357 e. The molecule has 0 atom stereocenters. The van der Waals surface area contributed by atoms with Crippen molar-refractivity contribution in [2.45, 2.75) is 10.8 Å². The maximum absolute atomic E-state index is 6.09. The van der Waals surface area contributed by atoms with Crippen molar-refractivity contribution in [3.63, 3.8) is 0 Å². The second-order valence-electron chi connectivity index (χ2n) is 3.35. The molecule has 0 radical (unpaired) electrons. The average Bonchev–Trinajstić information content (AvgIpc) is 2.38. The van der Waals surface area contributed by atoms with Crippen molar-refractivity contribution in [2.75, 3.05) is 12.4 Å². The third kappa shape index (κ3) is 3.35. The van der Waals surface area contributed by atoms with Crippen molar-refractivity contribution >= 4 is 29.3 Å². The number of nitrogens with one attached hydrogen (secondary N) is 1. The first-order valence-corrected chi connectivity index (χ1v) is 6.53. The lowest BCUT2D eigenvalue weighted by atomic mass is 10.2. The fourth-order valence-corrected chi connectivity index (χ4v) is 2.46. The van der Waals surface area contributed by atoms with E-state index in [-0.39, 0.29) is 0 Å². The minimum absolute atomic E-state index is 0.633. The summed E-state index contributed by atoms with van der Waals surface area (Å²) in [6.45, 7) is 0. The molecule has 1 aromatic heterocycles. The van der Waals surface area contributed by atoms with Gasteiger partial charge < -0.3 is 5.32 Å². The second kappa shape index (κ2) is 5.89. The van der Waals surface area contributed by atoms with E-state index in [1.165, 1.54) is 0 Å². The Labute approximate surface area is 110 Å². The zero-order chi connectivity index (χ0) is 12.1. The number of hydrogen-bond donors (Lipinski definition) is 1. The number of rotatable bonds is 4. The SMILES string of the molecule is CNc1nccc(SCc2ccccc2Cl)n1. The number of nitrogens with zero attached hydrogens (tertiary/aromatic N) is 2. The number of hydrogen-bond acceptors (Lipinski definition) is 4. The van der Waals surface area contributed by atoms with Crippen molar-refractivity contribution < 1.29 is 0 Å². The zero-order valence-electron chi connectivity index (χ0n) is 9.35. The fraction of sp³-hybridized carbons (Fsp3) is 0.167. The van der Waals surface area contributed by atoms with Crippen LogP contribution < -0.4 is 5.32 Å². The van der Waals surface area contributed by atoms with Gasteiger partial charge in [0, 0.05) is 24.0 Å². The van der Waals surface area contributed by atoms with E-state index in [2.05, 4.69) is 15.3 Å². The quantitative estimate of drug-likeness (QED) is 0.679. The summed E-state index contributed by atoms with van der Waals surface area (Å²) in [5.41, 5.74) is 1.11. The summed E-state index contributed by atoms with van der Waals surface area (Å²) >= 11 is 7.73. The van der Waals surface area contributed by atoms with Crippen molar-refractivity contribution in [1.82, 2.24) is 9.97 Å². The van der Waals surface area contributed by atoms with Crippen LogP contribution >= 0.6 is 23.4 Å². The molecule has 2 aromatic rings. The van der Waals surface area contributed by atoms with Crippen LogP contribution in [-0.2, 0) is 5.75 Å². The first-order chi connectivity index (χ1) is 8.29. The van der Waals surface area contributed by atoms with Gasteiger partial charge in [-0.1, -0.05) is 29.8 Å². The Kier molecular flexibility index (Phi) is 4.23. The number of aromatic nitrogens is 2. The minimum atomic E-state index is 0.633. The van der Waals surface area contributed by atoms with Crippen LogP contribution in [0.1, 0.15) is 5.56 Å². The molecule has 0 saturated heterocycles. The normalized spacial score (nSPS) is 10.2. The highest BCUT2D eigenvalue weighted by Crippen LogP contribution is 2.25. The van der Waals surface area contributed by atoms with Gasteiger partial charge in [-0.25, -0.2) is 9.97 Å². The molecule has 0 aliphatic carbocycles. The van der Waals surface area contributed by atoms with Crippen molar-refractivity contribution in [3.05, 3.63) is 47.1 Å². The monoisotopic (exact) mass is 265 g/mol. The van der Waals surface area contributed by atoms with E-state index in [1.807, 2.05) is 30.3 Å². The molecule has 5 heteroatoms. The molecule has 0 aliphatic heterocycles. The van der Waals surface area contributed by atoms with E-state index in [0.717, 1.165) is 21.4 Å². The molecule has 0 amide bonds. The molecule has 1 N–H and O–H groups in total. The van der Waals surface area contributed by atoms with Crippen LogP contribution in [0, 0.1) is 0 Å². The molecule has 2 rings (SSSR count). The predicted molar refractivity (Wildman–Crippen MR) is 72.6 cm³/mol. The lowest BCUT2D eigenvalue weighted by molar-refractivity contribution is 1.04. The lowest BCUT2D eigenvalue weighted by Gasteiger charge is -2.04. The molecular weight excluding hydrogens is 254 g/mol. The van der Waals surface area contributed by atoms with Crippen molar-refractivity contribution in [1.29, 1.82) is 0 Å². The molecule has 0 spiro atoms. The maximum atomic E-state index is 6.09. The summed E-state index contributed by atoms with van der Waals surface area (Å²) in [5, 5.41) is 4.64. The molecule has 0 saturated carbocycles. The van der Waals surface area contributed by atoms with Crippen molar-refractivity contribution in [2.24, 2.45) is 0 Å². The molecule has 1 heterocycles. The Morgan fingerprint density at radius 2 is 2.12 bits per heavy atom. The summed E-state index contributed by atoms with van der Waals surface area (Å²) in [4.78, 5) is 8.40. The maximum Gasteiger partial charge on any atom is 0.223 e. The third-order valence-electron chi connectivity index (χ3n) is 2.19. The predicted octanol–water partition coefficient (Wildman–Crippen LogP) is 3.46. The van der Waals surface area contributed by atoms with Crippen LogP contribution in [0.5, 0.6) is 0 Å². The zero-order valence-corrected chi connectivity index (χ0v) is 10.9. The van der Waals surface area contributed by atoms with Crippen LogP contribution in [0.3, 0.4) is 0 Å². The number of benzene rings is 1. The average molecular weight is 266 g/mol. The summed E-state index contributed by atoms with van der Waals surface area (Å²) in [6, 6.07) is 9.73. The Morgan fingerprint density at radius 1 is 1.29 bits per heavy atom. The molecule has 0 aliphatic rings. The molecule has 1 aromatic carbocycles. The summed E-state index contributed by atoms with van der Waals surface area (Å²) in [5.74, 6) is 1.44. The molecular formula is C12H12ClN3S. The van der Waals surface area contributed by atoms with E-state index in [0.29, 0.717) is 5.95 Å². The molecule has 0 fully saturated rings. The summed E-state index contributed by atoms with van der Waals surface area (Å²) in [6.07, 6.45) is 1.74. The van der Waals surface area contributed by atoms with Gasteiger partial charge in [-0.3, -0.25) is 0 Å². The summed E-state index contributed by atoms with van der Waals surface area (Å²) < 4.78 is 0. The Balaban J connectivity index is 2.05. The van der Waals surface area contributed by atoms with Gasteiger partial charge in [-0.15, -0.1) is 11.8 Å². The van der Waals surface area contributed by atoms with E-state index in [1.54, 1.807) is 25.0 Å². The smallest absolute Gasteiger partial charge is 0.223 e. The summed E-state index contributed by atoms with van der Waals surface area (Å²) in [7, 11) is 1.80. The Morgan fingerprint density at radius 3 is 2.88 bits per heavy atom. The standard InChI is InChI=1S/C12H12ClN3S/c1-14-12-15-7-6-11(16-12)17-8-9-4-2-3-5-10(9)13/h2-7H,8H2,1H3,(H,14,15,16). The number of anilines is 1. The van der Waals surface area contributed by atoms with Gasteiger partial charge >= 0.3 is 0 Å². The van der Waals surface area contributed by atoms with Gasteiger partial charge in [0.25, 0.3) is 0 Å². The topological polar surface area (TPSA) is 37.8 Å². The van der Waals surface area contributed by atoms with Gasteiger partial charge in [0.05, 0.1) is 0 Å². The van der Waals surface area contributed by atoms with E-state index in [4.69, 9.17) is 11.6 Å². The van der Waals surface area contributed by atoms with E-state index < -0.39 is 0 Å². The number of halogens is 1. The lowest BCUT2D eigenvalue weighted by Crippen LogP contribution is -1.96. The molecule has 0 bridgehead atoms. The van der Waals surface area contributed by atoms with Gasteiger partial charge in [0.15, 0.2) is 0 Å². The highest BCUT2D eigenvalue weighted by atomic mass is 35.5.